The number of carbonyl (C=O) groups is 1. The predicted octanol–water partition coefficient (Wildman–Crippen LogP) is 3.70. The molecule has 1 N–H and O–H groups in total. The third kappa shape index (κ3) is 3.60. The lowest BCUT2D eigenvalue weighted by atomic mass is 9.82. The lowest BCUT2D eigenvalue weighted by Gasteiger charge is -2.24. The van der Waals surface area contributed by atoms with Crippen LogP contribution in [0.4, 0.5) is 13.2 Å². The Labute approximate surface area is 176 Å². The van der Waals surface area contributed by atoms with Crippen LogP contribution in [0.5, 0.6) is 0 Å². The molecule has 162 valence electrons. The second-order valence-electron chi connectivity index (χ2n) is 8.14. The average Bonchev–Trinajstić information content (AvgIpc) is 3.35. The minimum absolute atomic E-state index is 0.132. The highest BCUT2D eigenvalue weighted by Gasteiger charge is 2.36. The first-order valence-corrected chi connectivity index (χ1v) is 10.3. The second kappa shape index (κ2) is 7.21. The summed E-state index contributed by atoms with van der Waals surface area (Å²) in [5.41, 5.74) is 2.54. The van der Waals surface area contributed by atoms with Crippen molar-refractivity contribution in [3.05, 3.63) is 58.9 Å². The van der Waals surface area contributed by atoms with Gasteiger partial charge in [-0.15, -0.1) is 0 Å². The molecule has 10 heteroatoms. The summed E-state index contributed by atoms with van der Waals surface area (Å²) in [4.78, 5) is 17.1. The topological polar surface area (TPSA) is 77.6 Å². The van der Waals surface area contributed by atoms with Gasteiger partial charge in [-0.2, -0.15) is 23.4 Å². The number of pyridine rings is 1. The molecule has 1 fully saturated rings. The number of aromatic nitrogens is 5. The van der Waals surface area contributed by atoms with E-state index in [0.717, 1.165) is 46.2 Å². The molecule has 2 aliphatic rings. The average molecular weight is 430 g/mol. The van der Waals surface area contributed by atoms with E-state index in [-0.39, 0.29) is 11.7 Å². The van der Waals surface area contributed by atoms with Gasteiger partial charge >= 0.3 is 6.18 Å². The molecule has 0 aromatic carbocycles. The molecule has 0 radical (unpaired) electrons. The number of hydrogen-bond donors (Lipinski definition) is 1. The molecule has 3 aromatic heterocycles. The Kier molecular flexibility index (Phi) is 4.60. The number of nitrogens with one attached hydrogen (secondary N) is 1. The number of nitrogens with zero attached hydrogens (tertiary/aromatic N) is 5. The van der Waals surface area contributed by atoms with Crippen LogP contribution in [0.1, 0.15) is 70.8 Å². The largest absolute Gasteiger partial charge is 0.435 e. The van der Waals surface area contributed by atoms with Crippen LogP contribution in [-0.2, 0) is 19.6 Å². The highest BCUT2D eigenvalue weighted by molar-refractivity contribution is 5.93. The molecular weight excluding hydrogens is 409 g/mol. The van der Waals surface area contributed by atoms with Gasteiger partial charge in [0.05, 0.1) is 17.4 Å². The van der Waals surface area contributed by atoms with Crippen molar-refractivity contribution in [1.29, 1.82) is 0 Å². The zero-order chi connectivity index (χ0) is 21.8. The molecule has 0 spiro atoms. The number of amides is 1. The fraction of sp³-hybridized carbons (Fsp3) is 0.429. The molecule has 3 heterocycles. The van der Waals surface area contributed by atoms with E-state index in [1.165, 1.54) is 13.5 Å². The summed E-state index contributed by atoms with van der Waals surface area (Å²) < 4.78 is 41.4. The van der Waals surface area contributed by atoms with Crippen LogP contribution in [0.3, 0.4) is 0 Å². The van der Waals surface area contributed by atoms with Gasteiger partial charge in [-0.05, 0) is 37.8 Å². The van der Waals surface area contributed by atoms with Gasteiger partial charge in [-0.25, -0.2) is 4.68 Å². The van der Waals surface area contributed by atoms with Crippen LogP contribution in [-0.4, -0.2) is 30.5 Å². The van der Waals surface area contributed by atoms with Crippen molar-refractivity contribution in [2.45, 2.75) is 50.2 Å². The van der Waals surface area contributed by atoms with Crippen molar-refractivity contribution >= 4 is 5.91 Å². The molecule has 0 bridgehead atoms. The first kappa shape index (κ1) is 19.8. The Bertz CT molecular complexity index is 1140. The summed E-state index contributed by atoms with van der Waals surface area (Å²) in [6, 6.07) is 4.40. The summed E-state index contributed by atoms with van der Waals surface area (Å²) in [6.07, 6.45) is 3.96. The van der Waals surface area contributed by atoms with E-state index in [4.69, 9.17) is 0 Å². The van der Waals surface area contributed by atoms with Gasteiger partial charge in [0.1, 0.15) is 5.69 Å². The molecule has 1 atom stereocenters. The van der Waals surface area contributed by atoms with Gasteiger partial charge in [0.25, 0.3) is 5.91 Å². The predicted molar refractivity (Wildman–Crippen MR) is 105 cm³/mol. The Hall–Kier alpha value is -3.17. The number of rotatable bonds is 4. The Morgan fingerprint density at radius 3 is 2.68 bits per heavy atom. The van der Waals surface area contributed by atoms with Crippen molar-refractivity contribution < 1.29 is 18.0 Å². The second-order valence-corrected chi connectivity index (χ2v) is 8.14. The van der Waals surface area contributed by atoms with Gasteiger partial charge in [0.2, 0.25) is 0 Å². The highest BCUT2D eigenvalue weighted by atomic mass is 19.4. The molecule has 3 aromatic rings. The smallest absolute Gasteiger partial charge is 0.344 e. The van der Waals surface area contributed by atoms with Crippen LogP contribution >= 0.6 is 0 Å². The molecule has 0 aliphatic heterocycles. The highest BCUT2D eigenvalue weighted by Crippen LogP contribution is 2.36. The molecule has 5 rings (SSSR count). The molecule has 2 aliphatic carbocycles. The molecule has 31 heavy (non-hydrogen) atoms. The van der Waals surface area contributed by atoms with Gasteiger partial charge in [-0.1, -0.05) is 6.42 Å². The maximum atomic E-state index is 12.9. The van der Waals surface area contributed by atoms with Gasteiger partial charge < -0.3 is 5.32 Å². The lowest BCUT2D eigenvalue weighted by Crippen LogP contribution is -2.28. The number of hydrogen-bond acceptors (Lipinski definition) is 4. The van der Waals surface area contributed by atoms with Crippen LogP contribution < -0.4 is 5.32 Å². The van der Waals surface area contributed by atoms with Gasteiger partial charge in [-0.3, -0.25) is 14.5 Å². The zero-order valence-electron chi connectivity index (χ0n) is 16.9. The normalized spacial score (nSPS) is 18.6. The number of aryl methyl sites for hydroxylation is 2. The monoisotopic (exact) mass is 430 g/mol. The van der Waals surface area contributed by atoms with Gasteiger partial charge in [0, 0.05) is 42.7 Å². The maximum Gasteiger partial charge on any atom is 0.435 e. The minimum Gasteiger partial charge on any atom is -0.344 e. The van der Waals surface area contributed by atoms with Crippen LogP contribution in [0, 0.1) is 0 Å². The van der Waals surface area contributed by atoms with Crippen molar-refractivity contribution in [2.24, 2.45) is 7.05 Å². The van der Waals surface area contributed by atoms with Crippen molar-refractivity contribution in [2.75, 3.05) is 0 Å². The summed E-state index contributed by atoms with van der Waals surface area (Å²) in [5.74, 6) is -0.0813. The first-order valence-electron chi connectivity index (χ1n) is 10.3. The third-order valence-electron chi connectivity index (χ3n) is 6.13. The number of halogens is 3. The fourth-order valence-corrected chi connectivity index (χ4v) is 4.18. The number of fused-ring (bicyclic) bond motifs is 1. The lowest BCUT2D eigenvalue weighted by molar-refractivity contribution is -0.141. The molecule has 0 unspecified atom stereocenters. The summed E-state index contributed by atoms with van der Waals surface area (Å²) >= 11 is 0. The van der Waals surface area contributed by atoms with E-state index in [0.29, 0.717) is 18.8 Å². The SMILES string of the molecule is Cn1nc(C(F)(F)F)cc1C(=O)N[C@H]1CCc2nn(-c3ccnc(C4CCC4)c3)cc21. The van der Waals surface area contributed by atoms with Gasteiger partial charge in [0.15, 0.2) is 5.69 Å². The van der Waals surface area contributed by atoms with E-state index in [1.54, 1.807) is 10.9 Å². The quantitative estimate of drug-likeness (QED) is 0.685. The van der Waals surface area contributed by atoms with E-state index >= 15 is 0 Å². The molecular formula is C21H21F3N6O. The first-order chi connectivity index (χ1) is 14.8. The molecule has 7 nitrogen and oxygen atoms in total. The van der Waals surface area contributed by atoms with E-state index < -0.39 is 17.8 Å². The Morgan fingerprint density at radius 2 is 2.00 bits per heavy atom. The van der Waals surface area contributed by atoms with E-state index in [9.17, 15) is 18.0 Å². The van der Waals surface area contributed by atoms with Crippen molar-refractivity contribution in [1.82, 2.24) is 29.9 Å². The fourth-order valence-electron chi connectivity index (χ4n) is 4.18. The molecule has 1 saturated carbocycles. The summed E-state index contributed by atoms with van der Waals surface area (Å²) in [7, 11) is 1.32. The van der Waals surface area contributed by atoms with E-state index in [2.05, 4.69) is 20.5 Å². The summed E-state index contributed by atoms with van der Waals surface area (Å²) in [6.45, 7) is 0. The minimum atomic E-state index is -4.60. The third-order valence-corrected chi connectivity index (χ3v) is 6.13. The summed E-state index contributed by atoms with van der Waals surface area (Å²) in [5, 5.41) is 10.9. The zero-order valence-corrected chi connectivity index (χ0v) is 16.9. The standard InChI is InChI=1S/C21H21F3N6O/c1-29-18(10-19(28-29)21(22,23)24)20(31)26-15-5-6-16-14(15)11-30(27-16)13-7-8-25-17(9-13)12-3-2-4-12/h7-12,15H,2-6H2,1H3,(H,26,31)/t15-/m0/s1. The van der Waals surface area contributed by atoms with Crippen LogP contribution in [0.25, 0.3) is 5.69 Å². The molecule has 0 saturated heterocycles. The number of alkyl halides is 3. The van der Waals surface area contributed by atoms with Crippen molar-refractivity contribution in [3.63, 3.8) is 0 Å². The van der Waals surface area contributed by atoms with Crippen LogP contribution in [0.15, 0.2) is 30.6 Å². The molecule has 1 amide bonds. The van der Waals surface area contributed by atoms with Crippen LogP contribution in [0.2, 0.25) is 0 Å². The maximum absolute atomic E-state index is 12.9. The van der Waals surface area contributed by atoms with E-state index in [1.807, 2.05) is 18.3 Å². The van der Waals surface area contributed by atoms with Crippen molar-refractivity contribution in [3.8, 4) is 5.69 Å². The Balaban J connectivity index is 1.35. The number of carbonyl (C=O) groups excluding carboxylic acids is 1. The Morgan fingerprint density at radius 1 is 1.19 bits per heavy atom.